The van der Waals surface area contributed by atoms with Crippen molar-refractivity contribution in [1.29, 1.82) is 0 Å². The lowest BCUT2D eigenvalue weighted by atomic mass is 9.88. The van der Waals surface area contributed by atoms with E-state index in [2.05, 4.69) is 18.0 Å². The summed E-state index contributed by atoms with van der Waals surface area (Å²) < 4.78 is 0. The molecule has 0 spiro atoms. The Morgan fingerprint density at radius 1 is 0.926 bits per heavy atom. The maximum atomic E-state index is 12.9. The second kappa shape index (κ2) is 7.61. The van der Waals surface area contributed by atoms with Gasteiger partial charge in [0.25, 0.3) is 11.8 Å². The summed E-state index contributed by atoms with van der Waals surface area (Å²) in [6, 6.07) is 16.9. The third-order valence-corrected chi connectivity index (χ3v) is 5.32. The fourth-order valence-corrected chi connectivity index (χ4v) is 4.00. The molecule has 1 aliphatic heterocycles. The molecular formula is C22H21BrN2O2. The van der Waals surface area contributed by atoms with E-state index in [1.54, 1.807) is 30.5 Å². The third kappa shape index (κ3) is 3.06. The van der Waals surface area contributed by atoms with Crippen LogP contribution in [0.25, 0.3) is 10.9 Å². The van der Waals surface area contributed by atoms with Crippen LogP contribution in [-0.4, -0.2) is 27.7 Å². The van der Waals surface area contributed by atoms with Gasteiger partial charge in [0.15, 0.2) is 0 Å². The van der Waals surface area contributed by atoms with Crippen LogP contribution in [0.3, 0.4) is 0 Å². The van der Waals surface area contributed by atoms with Crippen molar-refractivity contribution in [2.75, 3.05) is 0 Å². The predicted octanol–water partition coefficient (Wildman–Crippen LogP) is 4.99. The van der Waals surface area contributed by atoms with Crippen LogP contribution in [0.5, 0.6) is 0 Å². The molecule has 0 fully saturated rings. The average molecular weight is 425 g/mol. The van der Waals surface area contributed by atoms with Gasteiger partial charge in [0.05, 0.1) is 16.6 Å². The minimum absolute atomic E-state index is 0. The summed E-state index contributed by atoms with van der Waals surface area (Å²) in [6.07, 6.45) is 2.47. The number of halogens is 1. The first-order valence-electron chi connectivity index (χ1n) is 8.94. The number of rotatable bonds is 4. The average Bonchev–Trinajstić information content (AvgIpc) is 2.93. The Morgan fingerprint density at radius 2 is 1.59 bits per heavy atom. The zero-order valence-corrected chi connectivity index (χ0v) is 17.0. The highest BCUT2D eigenvalue weighted by Gasteiger charge is 2.41. The van der Waals surface area contributed by atoms with Crippen molar-refractivity contribution in [2.24, 2.45) is 0 Å². The fraction of sp³-hybridized carbons (Fsp3) is 0.227. The number of carbonyl (C=O) groups excluding carboxylic acids is 2. The summed E-state index contributed by atoms with van der Waals surface area (Å²) in [7, 11) is 0. The molecule has 2 amide bonds. The largest absolute Gasteiger partial charge is 0.271 e. The summed E-state index contributed by atoms with van der Waals surface area (Å²) in [5.74, 6) is -0.375. The summed E-state index contributed by atoms with van der Waals surface area (Å²) in [5, 5.41) is 1.07. The van der Waals surface area contributed by atoms with E-state index in [1.807, 2.05) is 31.2 Å². The first-order chi connectivity index (χ1) is 12.6. The van der Waals surface area contributed by atoms with Gasteiger partial charge in [0.2, 0.25) is 0 Å². The van der Waals surface area contributed by atoms with E-state index in [4.69, 9.17) is 0 Å². The molecule has 138 valence electrons. The maximum absolute atomic E-state index is 12.9. The van der Waals surface area contributed by atoms with Gasteiger partial charge in [-0.2, -0.15) is 0 Å². The van der Waals surface area contributed by atoms with Crippen LogP contribution < -0.4 is 0 Å². The molecule has 5 heteroatoms. The highest BCUT2D eigenvalue weighted by molar-refractivity contribution is 8.93. The quantitative estimate of drug-likeness (QED) is 0.554. The minimum Gasteiger partial charge on any atom is -0.271 e. The number of carbonyl (C=O) groups is 2. The van der Waals surface area contributed by atoms with Gasteiger partial charge in [-0.15, -0.1) is 17.0 Å². The monoisotopic (exact) mass is 424 g/mol. The number of benzene rings is 2. The zero-order chi connectivity index (χ0) is 18.3. The highest BCUT2D eigenvalue weighted by atomic mass is 79.9. The lowest BCUT2D eigenvalue weighted by Gasteiger charge is -2.31. The molecule has 27 heavy (non-hydrogen) atoms. The number of pyridine rings is 1. The minimum atomic E-state index is -0.201. The fourth-order valence-electron chi connectivity index (χ4n) is 4.00. The Labute approximate surface area is 169 Å². The summed E-state index contributed by atoms with van der Waals surface area (Å²) in [6.45, 7) is 4.10. The SMILES string of the molecule is Br.CCC(C(C)c1cccc2ncccc12)N1C(=O)c2ccccc2C1=O. The van der Waals surface area contributed by atoms with Crippen LogP contribution in [0.2, 0.25) is 0 Å². The van der Waals surface area contributed by atoms with E-state index in [1.165, 1.54) is 4.90 Å². The molecule has 2 unspecified atom stereocenters. The smallest absolute Gasteiger partial charge is 0.261 e. The van der Waals surface area contributed by atoms with Gasteiger partial charge < -0.3 is 0 Å². The molecule has 1 aliphatic rings. The first kappa shape index (κ1) is 19.2. The van der Waals surface area contributed by atoms with Crippen LogP contribution in [0.4, 0.5) is 0 Å². The summed E-state index contributed by atoms with van der Waals surface area (Å²) in [4.78, 5) is 31.7. The molecule has 0 aliphatic carbocycles. The van der Waals surface area contributed by atoms with Crippen molar-refractivity contribution >= 4 is 39.7 Å². The topological polar surface area (TPSA) is 50.3 Å². The van der Waals surface area contributed by atoms with Gasteiger partial charge in [-0.3, -0.25) is 19.5 Å². The van der Waals surface area contributed by atoms with E-state index < -0.39 is 0 Å². The zero-order valence-electron chi connectivity index (χ0n) is 15.3. The van der Waals surface area contributed by atoms with Gasteiger partial charge in [-0.25, -0.2) is 0 Å². The van der Waals surface area contributed by atoms with E-state index in [0.717, 1.165) is 16.5 Å². The molecule has 0 N–H and O–H groups in total. The molecule has 0 bridgehead atoms. The Balaban J connectivity index is 0.00000210. The Hall–Kier alpha value is -2.53. The van der Waals surface area contributed by atoms with Crippen molar-refractivity contribution in [3.63, 3.8) is 0 Å². The van der Waals surface area contributed by atoms with Crippen LogP contribution >= 0.6 is 17.0 Å². The molecule has 0 saturated carbocycles. The van der Waals surface area contributed by atoms with Gasteiger partial charge in [-0.05, 0) is 36.2 Å². The van der Waals surface area contributed by atoms with Gasteiger partial charge in [-0.1, -0.05) is 44.2 Å². The summed E-state index contributed by atoms with van der Waals surface area (Å²) >= 11 is 0. The number of hydrogen-bond donors (Lipinski definition) is 0. The number of imide groups is 1. The molecule has 3 aromatic rings. The maximum Gasteiger partial charge on any atom is 0.261 e. The van der Waals surface area contributed by atoms with E-state index >= 15 is 0 Å². The number of aromatic nitrogens is 1. The Kier molecular flexibility index (Phi) is 5.42. The van der Waals surface area contributed by atoms with Crippen molar-refractivity contribution in [3.8, 4) is 0 Å². The van der Waals surface area contributed by atoms with Gasteiger partial charge >= 0.3 is 0 Å². The molecule has 0 saturated heterocycles. The highest BCUT2D eigenvalue weighted by Crippen LogP contribution is 2.34. The van der Waals surface area contributed by atoms with Gasteiger partial charge in [0.1, 0.15) is 0 Å². The molecule has 1 aromatic heterocycles. The molecule has 2 heterocycles. The lowest BCUT2D eigenvalue weighted by molar-refractivity contribution is 0.0559. The van der Waals surface area contributed by atoms with E-state index in [-0.39, 0.29) is 40.8 Å². The molecule has 0 radical (unpaired) electrons. The molecular weight excluding hydrogens is 404 g/mol. The number of amides is 2. The molecule has 2 atom stereocenters. The molecule has 2 aromatic carbocycles. The second-order valence-electron chi connectivity index (χ2n) is 6.71. The van der Waals surface area contributed by atoms with Crippen LogP contribution in [0.15, 0.2) is 60.8 Å². The standard InChI is InChI=1S/C22H20N2O2.BrH/c1-3-20(24-21(25)17-8-4-5-9-18(17)22(24)26)14(2)15-10-6-12-19-16(15)11-7-13-23-19;/h4-14,20H,3H2,1-2H3;1H. The first-order valence-corrected chi connectivity index (χ1v) is 8.94. The van der Waals surface area contributed by atoms with Crippen molar-refractivity contribution in [2.45, 2.75) is 32.2 Å². The Morgan fingerprint density at radius 3 is 2.22 bits per heavy atom. The number of hydrogen-bond acceptors (Lipinski definition) is 3. The molecule has 4 nitrogen and oxygen atoms in total. The lowest BCUT2D eigenvalue weighted by Crippen LogP contribution is -2.42. The predicted molar refractivity (Wildman–Crippen MR) is 112 cm³/mol. The van der Waals surface area contributed by atoms with Crippen LogP contribution in [0, 0.1) is 0 Å². The second-order valence-corrected chi connectivity index (χ2v) is 6.71. The summed E-state index contributed by atoms with van der Waals surface area (Å²) in [5.41, 5.74) is 3.04. The molecule has 4 rings (SSSR count). The normalized spacial score (nSPS) is 15.4. The van der Waals surface area contributed by atoms with E-state index in [9.17, 15) is 9.59 Å². The van der Waals surface area contributed by atoms with Gasteiger partial charge in [0, 0.05) is 23.5 Å². The number of nitrogens with zero attached hydrogens (tertiary/aromatic N) is 2. The van der Waals surface area contributed by atoms with Crippen LogP contribution in [-0.2, 0) is 0 Å². The number of fused-ring (bicyclic) bond motifs is 2. The van der Waals surface area contributed by atoms with Crippen molar-refractivity contribution < 1.29 is 9.59 Å². The van der Waals surface area contributed by atoms with E-state index in [0.29, 0.717) is 17.5 Å². The van der Waals surface area contributed by atoms with Crippen molar-refractivity contribution in [1.82, 2.24) is 9.88 Å². The Bertz CT molecular complexity index is 978. The van der Waals surface area contributed by atoms with Crippen molar-refractivity contribution in [3.05, 3.63) is 77.5 Å². The third-order valence-electron chi connectivity index (χ3n) is 5.32. The van der Waals surface area contributed by atoms with Crippen LogP contribution in [0.1, 0.15) is 52.5 Å².